The van der Waals surface area contributed by atoms with Gasteiger partial charge >= 0.3 is 5.69 Å². The van der Waals surface area contributed by atoms with Crippen LogP contribution in [0.4, 0.5) is 0 Å². The van der Waals surface area contributed by atoms with Gasteiger partial charge in [0.25, 0.3) is 11.5 Å². The van der Waals surface area contributed by atoms with Crippen LogP contribution in [0.15, 0.2) is 21.9 Å². The second-order valence-electron chi connectivity index (χ2n) is 5.98. The smallest absolute Gasteiger partial charge is 0.328 e. The van der Waals surface area contributed by atoms with Crippen LogP contribution in [0, 0.1) is 13.8 Å². The van der Waals surface area contributed by atoms with Crippen molar-refractivity contribution in [3.05, 3.63) is 50.1 Å². The Morgan fingerprint density at radius 1 is 1.35 bits per heavy atom. The highest BCUT2D eigenvalue weighted by Gasteiger charge is 2.30. The highest BCUT2D eigenvalue weighted by Crippen LogP contribution is 2.23. The van der Waals surface area contributed by atoms with Gasteiger partial charge in [-0.25, -0.2) is 4.79 Å². The van der Waals surface area contributed by atoms with Crippen LogP contribution >= 0.6 is 0 Å². The summed E-state index contributed by atoms with van der Waals surface area (Å²) in [5, 5.41) is 4.47. The lowest BCUT2D eigenvalue weighted by Gasteiger charge is -2.17. The van der Waals surface area contributed by atoms with Gasteiger partial charge in [0, 0.05) is 32.0 Å². The fraction of sp³-hybridized carbons (Fsp3) is 0.467. The van der Waals surface area contributed by atoms with Gasteiger partial charge in [0.15, 0.2) is 0 Å². The first-order valence-corrected chi connectivity index (χ1v) is 7.49. The number of aromatic amines is 1. The maximum atomic E-state index is 12.6. The average Bonchev–Trinajstić information content (AvgIpc) is 3.08. The van der Waals surface area contributed by atoms with E-state index in [9.17, 15) is 14.4 Å². The van der Waals surface area contributed by atoms with Crippen molar-refractivity contribution in [1.82, 2.24) is 24.2 Å². The molecule has 1 aliphatic heterocycles. The Balaban J connectivity index is 1.83. The third-order valence-corrected chi connectivity index (χ3v) is 4.18. The third-order valence-electron chi connectivity index (χ3n) is 4.18. The second kappa shape index (κ2) is 5.53. The normalized spacial score (nSPS) is 17.7. The molecule has 1 fully saturated rings. The van der Waals surface area contributed by atoms with Crippen molar-refractivity contribution in [2.75, 3.05) is 13.1 Å². The zero-order valence-corrected chi connectivity index (χ0v) is 13.4. The number of rotatable bonds is 2. The zero-order chi connectivity index (χ0) is 16.7. The number of carbonyl (C=O) groups excluding carboxylic acids is 1. The molecule has 3 rings (SSSR count). The van der Waals surface area contributed by atoms with Crippen molar-refractivity contribution >= 4 is 5.91 Å². The van der Waals surface area contributed by atoms with Crippen molar-refractivity contribution < 1.29 is 4.79 Å². The Labute approximate surface area is 132 Å². The van der Waals surface area contributed by atoms with Gasteiger partial charge in [0.2, 0.25) is 0 Å². The lowest BCUT2D eigenvalue weighted by atomic mass is 10.2. The number of hydrogen-bond donors (Lipinski definition) is 1. The average molecular weight is 317 g/mol. The minimum absolute atomic E-state index is 0.0129. The maximum Gasteiger partial charge on any atom is 0.328 e. The number of H-pyrrole nitrogens is 1. The third kappa shape index (κ3) is 2.71. The largest absolute Gasteiger partial charge is 0.336 e. The van der Waals surface area contributed by atoms with E-state index in [-0.39, 0.29) is 17.5 Å². The number of nitrogens with zero attached hydrogens (tertiary/aromatic N) is 4. The molecule has 0 saturated carbocycles. The van der Waals surface area contributed by atoms with E-state index in [1.165, 1.54) is 17.8 Å². The molecule has 3 heterocycles. The fourth-order valence-corrected chi connectivity index (χ4v) is 3.03. The summed E-state index contributed by atoms with van der Waals surface area (Å²) >= 11 is 0. The molecule has 0 bridgehead atoms. The molecule has 1 amide bonds. The molecule has 0 unspecified atom stereocenters. The summed E-state index contributed by atoms with van der Waals surface area (Å²) in [6, 6.07) is 2.11. The molecule has 23 heavy (non-hydrogen) atoms. The Bertz CT molecular complexity index is 876. The van der Waals surface area contributed by atoms with E-state index in [0.717, 1.165) is 17.8 Å². The van der Waals surface area contributed by atoms with Crippen LogP contribution in [0.5, 0.6) is 0 Å². The number of carbonyl (C=O) groups is 1. The van der Waals surface area contributed by atoms with Crippen LogP contribution in [0.3, 0.4) is 0 Å². The standard InChI is InChI=1S/C15H19N5O3/c1-9-6-10(2)20(17-9)11-4-5-19(7-11)14(22)12-8-18(3)15(23)16-13(12)21/h6,8,11H,4-5,7H2,1-3H3,(H,16,21,23)/t11-/m1/s1. The molecule has 0 spiro atoms. The van der Waals surface area contributed by atoms with E-state index in [1.807, 2.05) is 24.6 Å². The van der Waals surface area contributed by atoms with Crippen LogP contribution < -0.4 is 11.2 Å². The molecular formula is C15H19N5O3. The molecule has 8 nitrogen and oxygen atoms in total. The molecule has 8 heteroatoms. The molecule has 0 radical (unpaired) electrons. The van der Waals surface area contributed by atoms with Crippen LogP contribution in [0.25, 0.3) is 0 Å². The number of aryl methyl sites for hydroxylation is 3. The quantitative estimate of drug-likeness (QED) is 0.842. The van der Waals surface area contributed by atoms with Gasteiger partial charge in [0.1, 0.15) is 5.56 Å². The van der Waals surface area contributed by atoms with Gasteiger partial charge < -0.3 is 9.47 Å². The van der Waals surface area contributed by atoms with E-state index in [4.69, 9.17) is 0 Å². The number of nitrogens with one attached hydrogen (secondary N) is 1. The molecule has 1 atom stereocenters. The van der Waals surface area contributed by atoms with Crippen molar-refractivity contribution in [2.24, 2.45) is 7.05 Å². The van der Waals surface area contributed by atoms with Crippen molar-refractivity contribution in [2.45, 2.75) is 26.3 Å². The Kier molecular flexibility index (Phi) is 3.67. The highest BCUT2D eigenvalue weighted by atomic mass is 16.2. The fourth-order valence-electron chi connectivity index (χ4n) is 3.03. The lowest BCUT2D eigenvalue weighted by Crippen LogP contribution is -2.38. The first-order chi connectivity index (χ1) is 10.9. The van der Waals surface area contributed by atoms with Crippen LogP contribution in [-0.2, 0) is 7.05 Å². The van der Waals surface area contributed by atoms with Crippen LogP contribution in [-0.4, -0.2) is 43.2 Å². The SMILES string of the molecule is Cc1cc(C)n([C@@H]2CCN(C(=O)c3cn(C)c(=O)[nH]c3=O)C2)n1. The second-order valence-corrected chi connectivity index (χ2v) is 5.98. The lowest BCUT2D eigenvalue weighted by molar-refractivity contribution is 0.0784. The Morgan fingerprint density at radius 3 is 2.74 bits per heavy atom. The van der Waals surface area contributed by atoms with Crippen molar-refractivity contribution in [3.8, 4) is 0 Å². The van der Waals surface area contributed by atoms with Gasteiger partial charge in [-0.1, -0.05) is 0 Å². The van der Waals surface area contributed by atoms with Gasteiger partial charge in [-0.05, 0) is 26.3 Å². The van der Waals surface area contributed by atoms with Gasteiger partial charge in [-0.15, -0.1) is 0 Å². The molecule has 122 valence electrons. The summed E-state index contributed by atoms with van der Waals surface area (Å²) < 4.78 is 3.14. The summed E-state index contributed by atoms with van der Waals surface area (Å²) in [6.07, 6.45) is 2.08. The van der Waals surface area contributed by atoms with E-state index < -0.39 is 11.2 Å². The summed E-state index contributed by atoms with van der Waals surface area (Å²) in [5.74, 6) is -0.356. The summed E-state index contributed by atoms with van der Waals surface area (Å²) in [5.41, 5.74) is 0.811. The molecule has 0 aliphatic carbocycles. The topological polar surface area (TPSA) is 93.0 Å². The Hall–Kier alpha value is -2.64. The molecule has 1 aliphatic rings. The van der Waals surface area contributed by atoms with Gasteiger partial charge in [-0.2, -0.15) is 5.10 Å². The van der Waals surface area contributed by atoms with E-state index in [0.29, 0.717) is 13.1 Å². The molecular weight excluding hydrogens is 298 g/mol. The van der Waals surface area contributed by atoms with E-state index in [2.05, 4.69) is 10.1 Å². The van der Waals surface area contributed by atoms with E-state index >= 15 is 0 Å². The minimum Gasteiger partial charge on any atom is -0.336 e. The highest BCUT2D eigenvalue weighted by molar-refractivity contribution is 5.93. The molecule has 1 N–H and O–H groups in total. The summed E-state index contributed by atoms with van der Waals surface area (Å²) in [7, 11) is 1.50. The van der Waals surface area contributed by atoms with Crippen LogP contribution in [0.2, 0.25) is 0 Å². The molecule has 2 aromatic heterocycles. The van der Waals surface area contributed by atoms with Gasteiger partial charge in [0.05, 0.1) is 11.7 Å². The summed E-state index contributed by atoms with van der Waals surface area (Å²) in [4.78, 5) is 39.6. The number of likely N-dealkylation sites (tertiary alicyclic amines) is 1. The van der Waals surface area contributed by atoms with Crippen molar-refractivity contribution in [3.63, 3.8) is 0 Å². The first kappa shape index (κ1) is 15.3. The Morgan fingerprint density at radius 2 is 2.09 bits per heavy atom. The molecule has 1 saturated heterocycles. The predicted molar refractivity (Wildman–Crippen MR) is 83.6 cm³/mol. The number of hydrogen-bond acceptors (Lipinski definition) is 4. The minimum atomic E-state index is -0.646. The van der Waals surface area contributed by atoms with Crippen molar-refractivity contribution in [1.29, 1.82) is 0 Å². The maximum absolute atomic E-state index is 12.6. The monoisotopic (exact) mass is 317 g/mol. The number of aromatic nitrogens is 4. The number of amides is 1. The molecule has 2 aromatic rings. The van der Waals surface area contributed by atoms with Crippen LogP contribution in [0.1, 0.15) is 34.2 Å². The first-order valence-electron chi connectivity index (χ1n) is 7.49. The summed E-state index contributed by atoms with van der Waals surface area (Å²) in [6.45, 7) is 4.99. The molecule has 0 aromatic carbocycles. The van der Waals surface area contributed by atoms with E-state index in [1.54, 1.807) is 4.90 Å². The predicted octanol–water partition coefficient (Wildman–Crippen LogP) is -0.0259. The van der Waals surface area contributed by atoms with Gasteiger partial charge in [-0.3, -0.25) is 19.3 Å². The zero-order valence-electron chi connectivity index (χ0n) is 13.4.